The third-order valence-corrected chi connectivity index (χ3v) is 6.69. The van der Waals surface area contributed by atoms with Gasteiger partial charge in [0, 0.05) is 19.3 Å². The molecule has 0 heterocycles. The predicted octanol–water partition coefficient (Wildman–Crippen LogP) is 4.56. The number of carbonyl (C=O) groups excluding carboxylic acids is 1. The number of alkyl halides is 3. The Morgan fingerprint density at radius 2 is 1.38 bits per heavy atom. The molecule has 168 valence electrons. The first-order valence-electron chi connectivity index (χ1n) is 9.62. The molecule has 0 saturated heterocycles. The molecule has 0 N–H and O–H groups in total. The highest BCUT2D eigenvalue weighted by Crippen LogP contribution is 2.35. The van der Waals surface area contributed by atoms with E-state index < -0.39 is 39.1 Å². The third-order valence-electron chi connectivity index (χ3n) is 4.84. The van der Waals surface area contributed by atoms with Gasteiger partial charge in [0.1, 0.15) is 0 Å². The topological polar surface area (TPSA) is 57.7 Å². The molecule has 32 heavy (non-hydrogen) atoms. The second-order valence-corrected chi connectivity index (χ2v) is 8.95. The Balaban J connectivity index is 2.00. The van der Waals surface area contributed by atoms with E-state index in [4.69, 9.17) is 0 Å². The summed E-state index contributed by atoms with van der Waals surface area (Å²) in [7, 11) is -3.18. The van der Waals surface area contributed by atoms with E-state index in [2.05, 4.69) is 0 Å². The molecule has 0 aliphatic rings. The van der Waals surface area contributed by atoms with Gasteiger partial charge in [0.25, 0.3) is 0 Å². The van der Waals surface area contributed by atoms with Crippen molar-refractivity contribution >= 4 is 21.6 Å². The Hall–Kier alpha value is -3.17. The van der Waals surface area contributed by atoms with E-state index in [1.54, 1.807) is 60.7 Å². The van der Waals surface area contributed by atoms with E-state index in [1.165, 1.54) is 18.0 Å². The average molecular weight is 462 g/mol. The van der Waals surface area contributed by atoms with Crippen LogP contribution in [0.2, 0.25) is 0 Å². The average Bonchev–Trinajstić information content (AvgIpc) is 2.78. The zero-order chi connectivity index (χ0) is 23.4. The summed E-state index contributed by atoms with van der Waals surface area (Å²) < 4.78 is 68.0. The van der Waals surface area contributed by atoms with E-state index in [9.17, 15) is 26.4 Å². The van der Waals surface area contributed by atoms with E-state index in [0.29, 0.717) is 17.3 Å². The predicted molar refractivity (Wildman–Crippen MR) is 115 cm³/mol. The van der Waals surface area contributed by atoms with Gasteiger partial charge in [-0.25, -0.2) is 8.42 Å². The second kappa shape index (κ2) is 9.54. The highest BCUT2D eigenvalue weighted by Gasteiger charge is 2.39. The van der Waals surface area contributed by atoms with Gasteiger partial charge in [0.2, 0.25) is 15.9 Å². The Morgan fingerprint density at radius 3 is 1.97 bits per heavy atom. The maximum atomic E-state index is 13.5. The lowest BCUT2D eigenvalue weighted by Gasteiger charge is -2.26. The lowest BCUT2D eigenvalue weighted by atomic mass is 10.2. The van der Waals surface area contributed by atoms with E-state index in [-0.39, 0.29) is 6.54 Å². The Labute approximate surface area is 184 Å². The summed E-state index contributed by atoms with van der Waals surface area (Å²) >= 11 is 0. The molecule has 0 bridgehead atoms. The number of para-hydroxylation sites is 1. The first kappa shape index (κ1) is 23.5. The number of rotatable bonds is 7. The van der Waals surface area contributed by atoms with Gasteiger partial charge in [-0.05, 0) is 29.8 Å². The minimum Gasteiger partial charge on any atom is -0.314 e. The lowest BCUT2D eigenvalue weighted by Crippen LogP contribution is -2.41. The molecule has 5 nitrogen and oxygen atoms in total. The van der Waals surface area contributed by atoms with Crippen molar-refractivity contribution in [3.63, 3.8) is 0 Å². The fraction of sp³-hybridized carbons (Fsp3) is 0.174. The van der Waals surface area contributed by atoms with Crippen LogP contribution < -0.4 is 4.90 Å². The molecule has 3 aromatic rings. The summed E-state index contributed by atoms with van der Waals surface area (Å²) in [5, 5.41) is 0. The number of halogens is 3. The van der Waals surface area contributed by atoms with E-state index in [1.807, 2.05) is 0 Å². The van der Waals surface area contributed by atoms with Crippen LogP contribution in [0.15, 0.2) is 89.8 Å². The van der Waals surface area contributed by atoms with Crippen molar-refractivity contribution in [2.75, 3.05) is 18.5 Å². The molecule has 0 radical (unpaired) electrons. The van der Waals surface area contributed by atoms with Crippen LogP contribution in [0.4, 0.5) is 18.9 Å². The van der Waals surface area contributed by atoms with Gasteiger partial charge in [0.05, 0.1) is 17.0 Å². The standard InChI is InChI=1S/C23H21F3N2O3S/c1-27(19-12-6-3-7-13-19)22(29)17-28(16-18-10-4-2-5-11-18)32(30,31)21-15-9-8-14-20(21)23(24,25)26/h2-15H,16-17H2,1H3. The molecule has 0 fully saturated rings. The monoisotopic (exact) mass is 462 g/mol. The molecule has 0 aromatic heterocycles. The number of carbonyl (C=O) groups is 1. The highest BCUT2D eigenvalue weighted by molar-refractivity contribution is 7.89. The van der Waals surface area contributed by atoms with Crippen molar-refractivity contribution in [2.24, 2.45) is 0 Å². The molecular formula is C23H21F3N2O3S. The maximum absolute atomic E-state index is 13.5. The number of hydrogen-bond acceptors (Lipinski definition) is 3. The summed E-state index contributed by atoms with van der Waals surface area (Å²) in [6.07, 6.45) is -4.87. The van der Waals surface area contributed by atoms with Crippen molar-refractivity contribution in [3.05, 3.63) is 96.1 Å². The van der Waals surface area contributed by atoms with Crippen molar-refractivity contribution < 1.29 is 26.4 Å². The Morgan fingerprint density at radius 1 is 0.844 bits per heavy atom. The maximum Gasteiger partial charge on any atom is 0.417 e. The summed E-state index contributed by atoms with van der Waals surface area (Å²) in [5.74, 6) is -0.583. The number of hydrogen-bond donors (Lipinski definition) is 0. The Bertz CT molecular complexity index is 1170. The fourth-order valence-electron chi connectivity index (χ4n) is 3.13. The molecule has 0 aliphatic carbocycles. The largest absolute Gasteiger partial charge is 0.417 e. The van der Waals surface area contributed by atoms with Crippen molar-refractivity contribution in [2.45, 2.75) is 17.6 Å². The van der Waals surface area contributed by atoms with Gasteiger partial charge in [-0.2, -0.15) is 17.5 Å². The van der Waals surface area contributed by atoms with Crippen LogP contribution in [0, 0.1) is 0 Å². The molecule has 0 atom stereocenters. The number of benzene rings is 3. The van der Waals surface area contributed by atoms with Crippen LogP contribution in [-0.4, -0.2) is 32.2 Å². The van der Waals surface area contributed by atoms with E-state index >= 15 is 0 Å². The number of sulfonamides is 1. The fourth-order valence-corrected chi connectivity index (χ4v) is 4.72. The first-order chi connectivity index (χ1) is 15.1. The molecule has 0 unspecified atom stereocenters. The summed E-state index contributed by atoms with van der Waals surface area (Å²) in [6.45, 7) is -0.890. The minimum absolute atomic E-state index is 0.260. The molecule has 3 aromatic carbocycles. The second-order valence-electron chi connectivity index (χ2n) is 7.04. The zero-order valence-corrected chi connectivity index (χ0v) is 18.0. The molecule has 0 spiro atoms. The smallest absolute Gasteiger partial charge is 0.314 e. The van der Waals surface area contributed by atoms with Crippen LogP contribution in [0.1, 0.15) is 11.1 Å². The molecule has 1 amide bonds. The van der Waals surface area contributed by atoms with Gasteiger partial charge in [0.15, 0.2) is 0 Å². The number of anilines is 1. The molecule has 3 rings (SSSR count). The van der Waals surface area contributed by atoms with Crippen LogP contribution >= 0.6 is 0 Å². The third kappa shape index (κ3) is 5.35. The summed E-state index contributed by atoms with van der Waals surface area (Å²) in [5.41, 5.74) is -0.206. The first-order valence-corrected chi connectivity index (χ1v) is 11.1. The van der Waals surface area contributed by atoms with Crippen molar-refractivity contribution in [3.8, 4) is 0 Å². The summed E-state index contributed by atoms with van der Waals surface area (Å²) in [6, 6.07) is 20.9. The molecule has 9 heteroatoms. The quantitative estimate of drug-likeness (QED) is 0.517. The van der Waals surface area contributed by atoms with Crippen LogP contribution in [-0.2, 0) is 27.5 Å². The number of amides is 1. The highest BCUT2D eigenvalue weighted by atomic mass is 32.2. The van der Waals surface area contributed by atoms with Crippen LogP contribution in [0.25, 0.3) is 0 Å². The van der Waals surface area contributed by atoms with Crippen molar-refractivity contribution in [1.29, 1.82) is 0 Å². The van der Waals surface area contributed by atoms with E-state index in [0.717, 1.165) is 16.4 Å². The summed E-state index contributed by atoms with van der Waals surface area (Å²) in [4.78, 5) is 13.3. The van der Waals surface area contributed by atoms with Crippen LogP contribution in [0.3, 0.4) is 0 Å². The van der Waals surface area contributed by atoms with Crippen molar-refractivity contribution in [1.82, 2.24) is 4.31 Å². The van der Waals surface area contributed by atoms with Gasteiger partial charge in [-0.3, -0.25) is 4.79 Å². The number of nitrogens with zero attached hydrogens (tertiary/aromatic N) is 2. The zero-order valence-electron chi connectivity index (χ0n) is 17.2. The molecule has 0 saturated carbocycles. The van der Waals surface area contributed by atoms with Gasteiger partial charge in [-0.1, -0.05) is 60.7 Å². The molecular weight excluding hydrogens is 441 g/mol. The SMILES string of the molecule is CN(C(=O)CN(Cc1ccccc1)S(=O)(=O)c1ccccc1C(F)(F)F)c1ccccc1. The van der Waals surface area contributed by atoms with Gasteiger partial charge in [-0.15, -0.1) is 0 Å². The van der Waals surface area contributed by atoms with Crippen LogP contribution in [0.5, 0.6) is 0 Å². The minimum atomic E-state index is -4.87. The molecule has 0 aliphatic heterocycles. The van der Waals surface area contributed by atoms with Gasteiger partial charge >= 0.3 is 6.18 Å². The number of likely N-dealkylation sites (N-methyl/N-ethyl adjacent to an activating group) is 1. The normalized spacial score (nSPS) is 12.0. The van der Waals surface area contributed by atoms with Gasteiger partial charge < -0.3 is 4.90 Å². The Kier molecular flexibility index (Phi) is 7.00. The lowest BCUT2D eigenvalue weighted by molar-refractivity contribution is -0.139.